The Hall–Kier alpha value is -1.40. The van der Waals surface area contributed by atoms with E-state index in [0.717, 1.165) is 11.3 Å². The van der Waals surface area contributed by atoms with E-state index >= 15 is 0 Å². The molecule has 0 unspecified atom stereocenters. The Balaban J connectivity index is 2.48. The summed E-state index contributed by atoms with van der Waals surface area (Å²) in [6, 6.07) is 5.01. The first-order chi connectivity index (χ1) is 10.4. The average Bonchev–Trinajstić information content (AvgIpc) is 2.69. The van der Waals surface area contributed by atoms with Gasteiger partial charge in [-0.3, -0.25) is 4.79 Å². The Morgan fingerprint density at radius 1 is 1.35 bits per heavy atom. The minimum atomic E-state index is -3.59. The van der Waals surface area contributed by atoms with E-state index in [1.54, 1.807) is 23.1 Å². The number of fused-ring (bicyclic) bond motifs is 1. The molecule has 0 radical (unpaired) electrons. The Labute approximate surface area is 139 Å². The molecule has 0 atom stereocenters. The van der Waals surface area contributed by atoms with Gasteiger partial charge < -0.3 is 4.90 Å². The van der Waals surface area contributed by atoms with Gasteiger partial charge in [0.2, 0.25) is 15.9 Å². The zero-order chi connectivity index (χ0) is 17.6. The van der Waals surface area contributed by atoms with Gasteiger partial charge in [0.15, 0.2) is 0 Å². The second-order valence-electron chi connectivity index (χ2n) is 7.51. The second-order valence-corrected chi connectivity index (χ2v) is 9.19. The molecule has 0 spiro atoms. The van der Waals surface area contributed by atoms with Crippen LogP contribution in [-0.4, -0.2) is 26.4 Å². The topological polar surface area (TPSA) is 66.5 Å². The first-order valence-electron chi connectivity index (χ1n) is 7.86. The van der Waals surface area contributed by atoms with Gasteiger partial charge in [0.05, 0.1) is 4.90 Å². The van der Waals surface area contributed by atoms with Crippen molar-refractivity contribution < 1.29 is 13.2 Å². The van der Waals surface area contributed by atoms with Crippen LogP contribution < -0.4 is 9.62 Å². The predicted molar refractivity (Wildman–Crippen MR) is 92.2 cm³/mol. The molecule has 1 aromatic rings. The summed E-state index contributed by atoms with van der Waals surface area (Å²) in [5.74, 6) is -0.0299. The highest BCUT2D eigenvalue weighted by atomic mass is 32.2. The van der Waals surface area contributed by atoms with Crippen molar-refractivity contribution in [3.05, 3.63) is 23.8 Å². The molecule has 0 saturated heterocycles. The van der Waals surface area contributed by atoms with Crippen LogP contribution in [0.5, 0.6) is 0 Å². The van der Waals surface area contributed by atoms with Crippen LogP contribution in [0.2, 0.25) is 0 Å². The Kier molecular flexibility index (Phi) is 4.37. The third-order valence-electron chi connectivity index (χ3n) is 4.53. The van der Waals surface area contributed by atoms with Crippen molar-refractivity contribution in [2.75, 3.05) is 11.4 Å². The molecule has 1 heterocycles. The van der Waals surface area contributed by atoms with Crippen LogP contribution in [0.1, 0.15) is 53.5 Å². The van der Waals surface area contributed by atoms with E-state index in [2.05, 4.69) is 4.72 Å². The average molecular weight is 338 g/mol. The maximum Gasteiger partial charge on any atom is 0.241 e. The summed E-state index contributed by atoms with van der Waals surface area (Å²) in [5, 5.41) is 0. The molecular formula is C17H26N2O3S. The first kappa shape index (κ1) is 17.9. The molecule has 128 valence electrons. The highest BCUT2D eigenvalue weighted by molar-refractivity contribution is 7.89. The summed E-state index contributed by atoms with van der Waals surface area (Å²) in [6.07, 6.45) is 0.695. The van der Waals surface area contributed by atoms with Crippen LogP contribution in [0.25, 0.3) is 0 Å². The maximum atomic E-state index is 12.6. The molecule has 2 rings (SSSR count). The number of benzene rings is 1. The lowest BCUT2D eigenvalue weighted by atomic mass is 9.87. The Bertz CT molecular complexity index is 736. The molecule has 1 aliphatic rings. The van der Waals surface area contributed by atoms with Crippen LogP contribution in [0, 0.1) is 0 Å². The van der Waals surface area contributed by atoms with Crippen LogP contribution in [-0.2, 0) is 20.2 Å². The summed E-state index contributed by atoms with van der Waals surface area (Å²) < 4.78 is 28.0. The minimum absolute atomic E-state index is 0.0299. The van der Waals surface area contributed by atoms with Gasteiger partial charge in [-0.2, -0.15) is 0 Å². The summed E-state index contributed by atoms with van der Waals surface area (Å²) in [7, 11) is -3.59. The molecule has 5 nitrogen and oxygen atoms in total. The molecular weight excluding hydrogens is 312 g/mol. The highest BCUT2D eigenvalue weighted by Gasteiger charge is 2.38. The third-order valence-corrected chi connectivity index (χ3v) is 6.22. The Morgan fingerprint density at radius 2 is 1.96 bits per heavy atom. The van der Waals surface area contributed by atoms with Crippen molar-refractivity contribution in [2.45, 2.75) is 63.8 Å². The number of sulfonamides is 1. The number of hydrogen-bond acceptors (Lipinski definition) is 3. The van der Waals surface area contributed by atoms with Gasteiger partial charge in [0.25, 0.3) is 0 Å². The van der Waals surface area contributed by atoms with Gasteiger partial charge in [0, 0.05) is 30.1 Å². The predicted octanol–water partition coefficient (Wildman–Crippen LogP) is 2.80. The number of carbonyl (C=O) groups excluding carboxylic acids is 1. The SMILES string of the molecule is CCC(C)(C)NS(=O)(=O)c1ccc2c(c1)C(C)(C)CN2C(C)=O. The van der Waals surface area contributed by atoms with Crippen molar-refractivity contribution >= 4 is 21.6 Å². The van der Waals surface area contributed by atoms with E-state index in [4.69, 9.17) is 0 Å². The van der Waals surface area contributed by atoms with Crippen molar-refractivity contribution in [1.82, 2.24) is 4.72 Å². The molecule has 0 saturated carbocycles. The molecule has 0 aromatic heterocycles. The first-order valence-corrected chi connectivity index (χ1v) is 9.34. The van der Waals surface area contributed by atoms with Gasteiger partial charge in [-0.25, -0.2) is 13.1 Å². The van der Waals surface area contributed by atoms with Gasteiger partial charge in [-0.15, -0.1) is 0 Å². The number of hydrogen-bond donors (Lipinski definition) is 1. The number of anilines is 1. The summed E-state index contributed by atoms with van der Waals surface area (Å²) in [6.45, 7) is 11.8. The normalized spacial score (nSPS) is 17.2. The smallest absolute Gasteiger partial charge is 0.241 e. The van der Waals surface area contributed by atoms with Crippen molar-refractivity contribution in [3.8, 4) is 0 Å². The number of carbonyl (C=O) groups is 1. The highest BCUT2D eigenvalue weighted by Crippen LogP contribution is 2.41. The molecule has 0 fully saturated rings. The van der Waals surface area contributed by atoms with E-state index in [9.17, 15) is 13.2 Å². The monoisotopic (exact) mass is 338 g/mol. The van der Waals surface area contributed by atoms with Crippen LogP contribution >= 0.6 is 0 Å². The lowest BCUT2D eigenvalue weighted by molar-refractivity contribution is -0.116. The maximum absolute atomic E-state index is 12.6. The fraction of sp³-hybridized carbons (Fsp3) is 0.588. The van der Waals surface area contributed by atoms with Crippen molar-refractivity contribution in [1.29, 1.82) is 0 Å². The molecule has 6 heteroatoms. The van der Waals surface area contributed by atoms with Gasteiger partial charge in [0.1, 0.15) is 0 Å². The molecule has 1 N–H and O–H groups in total. The third kappa shape index (κ3) is 3.43. The van der Waals surface area contributed by atoms with Gasteiger partial charge in [-0.05, 0) is 44.0 Å². The van der Waals surface area contributed by atoms with E-state index in [1.165, 1.54) is 6.92 Å². The molecule has 23 heavy (non-hydrogen) atoms. The largest absolute Gasteiger partial charge is 0.311 e. The lowest BCUT2D eigenvalue weighted by Gasteiger charge is -2.24. The number of nitrogens with zero attached hydrogens (tertiary/aromatic N) is 1. The minimum Gasteiger partial charge on any atom is -0.311 e. The molecule has 1 aromatic carbocycles. The van der Waals surface area contributed by atoms with Gasteiger partial charge in [-0.1, -0.05) is 20.8 Å². The van der Waals surface area contributed by atoms with E-state index < -0.39 is 15.6 Å². The number of nitrogens with one attached hydrogen (secondary N) is 1. The molecule has 1 amide bonds. The van der Waals surface area contributed by atoms with Gasteiger partial charge >= 0.3 is 0 Å². The zero-order valence-corrected chi connectivity index (χ0v) is 15.5. The molecule has 0 aliphatic carbocycles. The van der Waals surface area contributed by atoms with Crippen LogP contribution in [0.4, 0.5) is 5.69 Å². The standard InChI is InChI=1S/C17H26N2O3S/c1-7-17(5,6)18-23(21,22)13-8-9-15-14(10-13)16(3,4)11-19(15)12(2)20/h8-10,18H,7,11H2,1-6H3. The van der Waals surface area contributed by atoms with Crippen molar-refractivity contribution in [3.63, 3.8) is 0 Å². The van der Waals surface area contributed by atoms with E-state index in [-0.39, 0.29) is 16.2 Å². The number of amides is 1. The Morgan fingerprint density at radius 3 is 2.48 bits per heavy atom. The van der Waals surface area contributed by atoms with E-state index in [0.29, 0.717) is 13.0 Å². The molecule has 1 aliphatic heterocycles. The summed E-state index contributed by atoms with van der Waals surface area (Å²) in [5.41, 5.74) is 0.923. The number of rotatable bonds is 4. The second kappa shape index (κ2) is 5.60. The summed E-state index contributed by atoms with van der Waals surface area (Å²) in [4.78, 5) is 13.8. The van der Waals surface area contributed by atoms with E-state index in [1.807, 2.05) is 34.6 Å². The quantitative estimate of drug-likeness (QED) is 0.918. The van der Waals surface area contributed by atoms with Crippen LogP contribution in [0.3, 0.4) is 0 Å². The fourth-order valence-electron chi connectivity index (χ4n) is 2.80. The summed E-state index contributed by atoms with van der Waals surface area (Å²) >= 11 is 0. The zero-order valence-electron chi connectivity index (χ0n) is 14.7. The lowest BCUT2D eigenvalue weighted by Crippen LogP contribution is -2.42. The van der Waals surface area contributed by atoms with Crippen LogP contribution in [0.15, 0.2) is 23.1 Å². The fourth-order valence-corrected chi connectivity index (χ4v) is 4.31. The van der Waals surface area contributed by atoms with Crippen molar-refractivity contribution in [2.24, 2.45) is 0 Å². The molecule has 0 bridgehead atoms.